The SMILES string of the molecule is COCOc1c(N)c(C(C)=O)c(OCOC)c2ncccc12. The highest BCUT2D eigenvalue weighted by Gasteiger charge is 2.23. The third-order valence-electron chi connectivity index (χ3n) is 3.00. The molecule has 0 unspecified atom stereocenters. The molecule has 0 amide bonds. The van der Waals surface area contributed by atoms with Gasteiger partial charge in [0.15, 0.2) is 30.9 Å². The van der Waals surface area contributed by atoms with Crippen molar-refractivity contribution in [2.75, 3.05) is 33.5 Å². The normalized spacial score (nSPS) is 10.7. The van der Waals surface area contributed by atoms with Crippen molar-refractivity contribution < 1.29 is 23.7 Å². The van der Waals surface area contributed by atoms with E-state index >= 15 is 0 Å². The molecule has 0 radical (unpaired) electrons. The molecule has 2 N–H and O–H groups in total. The van der Waals surface area contributed by atoms with Gasteiger partial charge in [0.2, 0.25) is 0 Å². The molecule has 1 aromatic heterocycles. The average Bonchev–Trinajstić information content (AvgIpc) is 2.51. The van der Waals surface area contributed by atoms with Gasteiger partial charge in [-0.1, -0.05) is 0 Å². The molecule has 0 bridgehead atoms. The van der Waals surface area contributed by atoms with E-state index in [1.807, 2.05) is 0 Å². The fourth-order valence-electron chi connectivity index (χ4n) is 2.15. The minimum Gasteiger partial charge on any atom is -0.465 e. The lowest BCUT2D eigenvalue weighted by molar-refractivity contribution is 0.0495. The second-order valence-electron chi connectivity index (χ2n) is 4.50. The number of carbonyl (C=O) groups is 1. The molecule has 0 aliphatic carbocycles. The Labute approximate surface area is 127 Å². The summed E-state index contributed by atoms with van der Waals surface area (Å²) < 4.78 is 20.9. The molecule has 0 saturated heterocycles. The van der Waals surface area contributed by atoms with Crippen molar-refractivity contribution in [3.63, 3.8) is 0 Å². The summed E-state index contributed by atoms with van der Waals surface area (Å²) in [7, 11) is 2.99. The van der Waals surface area contributed by atoms with Gasteiger partial charge in [-0.15, -0.1) is 0 Å². The van der Waals surface area contributed by atoms with Gasteiger partial charge in [0.25, 0.3) is 0 Å². The number of aromatic nitrogens is 1. The first-order valence-corrected chi connectivity index (χ1v) is 6.56. The summed E-state index contributed by atoms with van der Waals surface area (Å²) in [6, 6.07) is 3.53. The van der Waals surface area contributed by atoms with Crippen LogP contribution in [0.4, 0.5) is 5.69 Å². The smallest absolute Gasteiger partial charge is 0.188 e. The number of nitrogens with two attached hydrogens (primary N) is 1. The minimum absolute atomic E-state index is 0.00378. The molecule has 1 aromatic carbocycles. The van der Waals surface area contributed by atoms with Crippen LogP contribution in [0.3, 0.4) is 0 Å². The van der Waals surface area contributed by atoms with Gasteiger partial charge in [-0.2, -0.15) is 0 Å². The lowest BCUT2D eigenvalue weighted by Crippen LogP contribution is -2.11. The van der Waals surface area contributed by atoms with Gasteiger partial charge < -0.3 is 24.7 Å². The standard InChI is InChI=1S/C15H18N2O5/c1-9(18)11-12(16)14(21-7-19-2)10-5-4-6-17-13(10)15(11)22-8-20-3/h4-6H,7-8,16H2,1-3H3. The molecule has 7 heteroatoms. The van der Waals surface area contributed by atoms with E-state index in [4.69, 9.17) is 24.7 Å². The first-order valence-electron chi connectivity index (χ1n) is 6.56. The van der Waals surface area contributed by atoms with Crippen molar-refractivity contribution in [1.82, 2.24) is 4.98 Å². The molecule has 0 atom stereocenters. The third-order valence-corrected chi connectivity index (χ3v) is 3.00. The lowest BCUT2D eigenvalue weighted by Gasteiger charge is -2.18. The van der Waals surface area contributed by atoms with E-state index < -0.39 is 0 Å². The van der Waals surface area contributed by atoms with Crippen LogP contribution in [0.15, 0.2) is 18.3 Å². The molecule has 0 fully saturated rings. The van der Waals surface area contributed by atoms with E-state index in [1.165, 1.54) is 21.1 Å². The number of benzene rings is 1. The number of hydrogen-bond donors (Lipinski definition) is 1. The maximum absolute atomic E-state index is 12.0. The van der Waals surface area contributed by atoms with E-state index in [0.29, 0.717) is 16.7 Å². The number of rotatable bonds is 7. The summed E-state index contributed by atoms with van der Waals surface area (Å²) in [5.41, 5.74) is 7.00. The van der Waals surface area contributed by atoms with Crippen LogP contribution >= 0.6 is 0 Å². The largest absolute Gasteiger partial charge is 0.465 e. The summed E-state index contributed by atoms with van der Waals surface area (Å²) >= 11 is 0. The van der Waals surface area contributed by atoms with Crippen molar-refractivity contribution in [1.29, 1.82) is 0 Å². The number of hydrogen-bond acceptors (Lipinski definition) is 7. The molecule has 0 saturated carbocycles. The highest BCUT2D eigenvalue weighted by molar-refractivity contribution is 6.10. The van der Waals surface area contributed by atoms with Crippen molar-refractivity contribution in [2.24, 2.45) is 0 Å². The van der Waals surface area contributed by atoms with Crippen LogP contribution in [-0.2, 0) is 9.47 Å². The van der Waals surface area contributed by atoms with E-state index in [9.17, 15) is 4.79 Å². The predicted molar refractivity (Wildman–Crippen MR) is 81.2 cm³/mol. The minimum atomic E-state index is -0.251. The Morgan fingerprint density at radius 2 is 1.82 bits per heavy atom. The van der Waals surface area contributed by atoms with Gasteiger partial charge >= 0.3 is 0 Å². The van der Waals surface area contributed by atoms with Crippen LogP contribution in [0.5, 0.6) is 11.5 Å². The number of nitrogens with zero attached hydrogens (tertiary/aromatic N) is 1. The molecule has 118 valence electrons. The highest BCUT2D eigenvalue weighted by Crippen LogP contribution is 2.42. The molecular formula is C15H18N2O5. The van der Waals surface area contributed by atoms with Crippen molar-refractivity contribution in [3.05, 3.63) is 23.9 Å². The zero-order valence-electron chi connectivity index (χ0n) is 12.7. The first-order chi connectivity index (χ1) is 10.6. The van der Waals surface area contributed by atoms with Gasteiger partial charge in [-0.25, -0.2) is 0 Å². The summed E-state index contributed by atoms with van der Waals surface area (Å²) in [6.07, 6.45) is 1.60. The first kappa shape index (κ1) is 16.0. The molecule has 0 aliphatic heterocycles. The van der Waals surface area contributed by atoms with Gasteiger partial charge in [0.05, 0.1) is 11.3 Å². The number of ketones is 1. The fraction of sp³-hybridized carbons (Fsp3) is 0.333. The Morgan fingerprint density at radius 3 is 2.41 bits per heavy atom. The number of carbonyl (C=O) groups excluding carboxylic acids is 1. The molecule has 7 nitrogen and oxygen atoms in total. The molecule has 1 heterocycles. The molecule has 2 rings (SSSR count). The molecule has 0 spiro atoms. The summed E-state index contributed by atoms with van der Waals surface area (Å²) in [6.45, 7) is 1.38. The molecule has 0 aliphatic rings. The number of anilines is 1. The van der Waals surface area contributed by atoms with Crippen molar-refractivity contribution in [2.45, 2.75) is 6.92 Å². The Hall–Kier alpha value is -2.38. The number of nitrogen functional groups attached to an aromatic ring is 1. The molecular weight excluding hydrogens is 288 g/mol. The topological polar surface area (TPSA) is 92.9 Å². The Bertz CT molecular complexity index is 687. The zero-order valence-corrected chi connectivity index (χ0v) is 12.7. The maximum atomic E-state index is 12.0. The molecule has 22 heavy (non-hydrogen) atoms. The second-order valence-corrected chi connectivity index (χ2v) is 4.50. The maximum Gasteiger partial charge on any atom is 0.188 e. The Balaban J connectivity index is 2.75. The van der Waals surface area contributed by atoms with Crippen LogP contribution in [0.2, 0.25) is 0 Å². The number of Topliss-reactive ketones (excluding diaryl/α,β-unsaturated/α-hetero) is 1. The Morgan fingerprint density at radius 1 is 1.18 bits per heavy atom. The monoisotopic (exact) mass is 306 g/mol. The van der Waals surface area contributed by atoms with Gasteiger partial charge in [0, 0.05) is 25.8 Å². The van der Waals surface area contributed by atoms with E-state index in [2.05, 4.69) is 4.98 Å². The molecule has 2 aromatic rings. The van der Waals surface area contributed by atoms with Gasteiger partial charge in [-0.05, 0) is 19.1 Å². The highest BCUT2D eigenvalue weighted by atomic mass is 16.7. The number of fused-ring (bicyclic) bond motifs is 1. The van der Waals surface area contributed by atoms with E-state index in [1.54, 1.807) is 18.3 Å². The average molecular weight is 306 g/mol. The summed E-state index contributed by atoms with van der Waals surface area (Å²) in [4.78, 5) is 16.3. The van der Waals surface area contributed by atoms with Crippen LogP contribution in [0, 0.1) is 0 Å². The summed E-state index contributed by atoms with van der Waals surface area (Å²) in [5.74, 6) is 0.380. The Kier molecular flexibility index (Phi) is 5.13. The van der Waals surface area contributed by atoms with Gasteiger partial charge in [-0.3, -0.25) is 9.78 Å². The number of ether oxygens (including phenoxy) is 4. The number of methoxy groups -OCH3 is 2. The lowest BCUT2D eigenvalue weighted by atomic mass is 10.0. The number of pyridine rings is 1. The van der Waals surface area contributed by atoms with E-state index in [-0.39, 0.29) is 36.4 Å². The second kappa shape index (κ2) is 7.06. The van der Waals surface area contributed by atoms with Crippen LogP contribution in [0.25, 0.3) is 10.9 Å². The van der Waals surface area contributed by atoms with Crippen LogP contribution in [0.1, 0.15) is 17.3 Å². The van der Waals surface area contributed by atoms with Crippen molar-refractivity contribution in [3.8, 4) is 11.5 Å². The third kappa shape index (κ3) is 2.95. The zero-order chi connectivity index (χ0) is 16.1. The predicted octanol–water partition coefficient (Wildman–Crippen LogP) is 1.99. The quantitative estimate of drug-likeness (QED) is 0.475. The fourth-order valence-corrected chi connectivity index (χ4v) is 2.15. The van der Waals surface area contributed by atoms with Gasteiger partial charge in [0.1, 0.15) is 5.52 Å². The van der Waals surface area contributed by atoms with Crippen LogP contribution in [-0.4, -0.2) is 38.6 Å². The summed E-state index contributed by atoms with van der Waals surface area (Å²) in [5, 5.41) is 0.633. The van der Waals surface area contributed by atoms with Crippen LogP contribution < -0.4 is 15.2 Å². The van der Waals surface area contributed by atoms with E-state index in [0.717, 1.165) is 0 Å². The van der Waals surface area contributed by atoms with Crippen molar-refractivity contribution >= 4 is 22.4 Å².